The zero-order chi connectivity index (χ0) is 29.5. The van der Waals surface area contributed by atoms with Gasteiger partial charge in [0, 0.05) is 25.1 Å². The summed E-state index contributed by atoms with van der Waals surface area (Å²) in [5.41, 5.74) is -2.86. The third-order valence-corrected chi connectivity index (χ3v) is 5.44. The molecular weight excluding hydrogens is 542 g/mol. The Bertz CT molecular complexity index is 1170. The molecule has 0 saturated carbocycles. The molecule has 1 fully saturated rings. The quantitative estimate of drug-likeness (QED) is 0.391. The lowest BCUT2D eigenvalue weighted by Crippen LogP contribution is -2.65. The average Bonchev–Trinajstić information content (AvgIpc) is 2.86. The van der Waals surface area contributed by atoms with Gasteiger partial charge in [-0.15, -0.1) is 0 Å². The van der Waals surface area contributed by atoms with Gasteiger partial charge in [0.25, 0.3) is 5.91 Å². The molecular formula is C24H22F6N2O7. The highest BCUT2D eigenvalue weighted by Gasteiger charge is 2.43. The SMILES string of the molecule is O=C(O)C1NCCN(C(=O)c2ccccc2)C1C(=O)O.O=C(O)CCc1cc(C(F)(F)F)cc(C(F)(F)F)c1. The summed E-state index contributed by atoms with van der Waals surface area (Å²) in [7, 11) is 0. The van der Waals surface area contributed by atoms with E-state index in [-0.39, 0.29) is 24.7 Å². The molecule has 1 saturated heterocycles. The number of carboxylic acids is 3. The van der Waals surface area contributed by atoms with E-state index in [1.807, 2.05) is 0 Å². The molecule has 9 nitrogen and oxygen atoms in total. The Morgan fingerprint density at radius 2 is 1.38 bits per heavy atom. The van der Waals surface area contributed by atoms with Crippen LogP contribution in [0, 0.1) is 0 Å². The molecule has 0 spiro atoms. The number of carbonyl (C=O) groups is 4. The van der Waals surface area contributed by atoms with Crippen LogP contribution in [0.3, 0.4) is 0 Å². The van der Waals surface area contributed by atoms with E-state index in [2.05, 4.69) is 5.32 Å². The van der Waals surface area contributed by atoms with Crippen molar-refractivity contribution in [2.75, 3.05) is 13.1 Å². The fourth-order valence-corrected chi connectivity index (χ4v) is 3.66. The number of alkyl halides is 6. The van der Waals surface area contributed by atoms with Gasteiger partial charge in [-0.3, -0.25) is 14.4 Å². The molecule has 212 valence electrons. The summed E-state index contributed by atoms with van der Waals surface area (Å²) >= 11 is 0. The lowest BCUT2D eigenvalue weighted by atomic mass is 10.0. The van der Waals surface area contributed by atoms with Gasteiger partial charge in [0.15, 0.2) is 6.04 Å². The summed E-state index contributed by atoms with van der Waals surface area (Å²) in [5, 5.41) is 29.3. The average molecular weight is 564 g/mol. The first kappa shape index (κ1) is 31.1. The van der Waals surface area contributed by atoms with Gasteiger partial charge in [-0.05, 0) is 42.3 Å². The van der Waals surface area contributed by atoms with Gasteiger partial charge in [-0.2, -0.15) is 26.3 Å². The van der Waals surface area contributed by atoms with E-state index in [0.29, 0.717) is 17.7 Å². The van der Waals surface area contributed by atoms with Crippen molar-refractivity contribution in [2.45, 2.75) is 37.3 Å². The van der Waals surface area contributed by atoms with Crippen molar-refractivity contribution in [2.24, 2.45) is 0 Å². The molecule has 0 bridgehead atoms. The molecule has 1 amide bonds. The summed E-state index contributed by atoms with van der Waals surface area (Å²) in [4.78, 5) is 46.1. The van der Waals surface area contributed by atoms with Crippen molar-refractivity contribution in [3.05, 3.63) is 70.8 Å². The van der Waals surface area contributed by atoms with Gasteiger partial charge < -0.3 is 25.5 Å². The van der Waals surface area contributed by atoms with Crippen LogP contribution in [-0.2, 0) is 33.2 Å². The van der Waals surface area contributed by atoms with Crippen LogP contribution in [-0.4, -0.2) is 69.2 Å². The Morgan fingerprint density at radius 3 is 1.82 bits per heavy atom. The van der Waals surface area contributed by atoms with Gasteiger partial charge in [-0.25, -0.2) is 4.79 Å². The van der Waals surface area contributed by atoms with E-state index in [0.717, 1.165) is 4.90 Å². The first-order valence-corrected chi connectivity index (χ1v) is 11.1. The summed E-state index contributed by atoms with van der Waals surface area (Å²) in [6.45, 7) is 0.383. The first-order valence-electron chi connectivity index (χ1n) is 11.1. The van der Waals surface area contributed by atoms with Crippen molar-refractivity contribution in [1.29, 1.82) is 0 Å². The minimum atomic E-state index is -4.92. The van der Waals surface area contributed by atoms with Gasteiger partial charge in [0.1, 0.15) is 6.04 Å². The van der Waals surface area contributed by atoms with Crippen molar-refractivity contribution in [3.63, 3.8) is 0 Å². The van der Waals surface area contributed by atoms with Gasteiger partial charge in [0.05, 0.1) is 11.1 Å². The fraction of sp³-hybridized carbons (Fsp3) is 0.333. The van der Waals surface area contributed by atoms with Crippen molar-refractivity contribution >= 4 is 23.8 Å². The number of amides is 1. The predicted octanol–water partition coefficient (Wildman–Crippen LogP) is 3.38. The minimum Gasteiger partial charge on any atom is -0.481 e. The number of halogens is 6. The van der Waals surface area contributed by atoms with E-state index in [4.69, 9.17) is 10.2 Å². The van der Waals surface area contributed by atoms with Crippen LogP contribution in [0.2, 0.25) is 0 Å². The van der Waals surface area contributed by atoms with Crippen LogP contribution in [0.15, 0.2) is 48.5 Å². The van der Waals surface area contributed by atoms with Crippen LogP contribution < -0.4 is 5.32 Å². The number of benzene rings is 2. The van der Waals surface area contributed by atoms with Crippen molar-refractivity contribution in [1.82, 2.24) is 10.2 Å². The largest absolute Gasteiger partial charge is 0.481 e. The topological polar surface area (TPSA) is 144 Å². The molecule has 4 N–H and O–H groups in total. The number of aryl methyl sites for hydroxylation is 1. The van der Waals surface area contributed by atoms with Gasteiger partial charge in [-0.1, -0.05) is 18.2 Å². The second-order valence-electron chi connectivity index (χ2n) is 8.23. The molecule has 39 heavy (non-hydrogen) atoms. The number of nitrogens with zero attached hydrogens (tertiary/aromatic N) is 1. The molecule has 2 atom stereocenters. The maximum atomic E-state index is 12.5. The Kier molecular flexibility index (Phi) is 10.0. The number of carbonyl (C=O) groups excluding carboxylic acids is 1. The minimum absolute atomic E-state index is 0.00423. The Labute approximate surface area is 216 Å². The van der Waals surface area contributed by atoms with Gasteiger partial charge >= 0.3 is 30.3 Å². The van der Waals surface area contributed by atoms with Gasteiger partial charge in [0.2, 0.25) is 0 Å². The number of aliphatic carboxylic acids is 3. The van der Waals surface area contributed by atoms with E-state index in [1.54, 1.807) is 30.3 Å². The Hall–Kier alpha value is -4.14. The molecule has 0 aliphatic carbocycles. The highest BCUT2D eigenvalue weighted by Crippen LogP contribution is 2.36. The van der Waals surface area contributed by atoms with Crippen LogP contribution in [0.1, 0.15) is 33.5 Å². The normalized spacial score (nSPS) is 17.5. The third kappa shape index (κ3) is 8.70. The maximum absolute atomic E-state index is 12.5. The fourth-order valence-electron chi connectivity index (χ4n) is 3.66. The summed E-state index contributed by atoms with van der Waals surface area (Å²) in [6, 6.07) is 6.53. The van der Waals surface area contributed by atoms with Crippen LogP contribution >= 0.6 is 0 Å². The highest BCUT2D eigenvalue weighted by atomic mass is 19.4. The maximum Gasteiger partial charge on any atom is 0.416 e. The predicted molar refractivity (Wildman–Crippen MR) is 121 cm³/mol. The van der Waals surface area contributed by atoms with Crippen molar-refractivity contribution in [3.8, 4) is 0 Å². The number of rotatable bonds is 6. The lowest BCUT2D eigenvalue weighted by molar-refractivity contribution is -0.152. The van der Waals surface area contributed by atoms with Crippen molar-refractivity contribution < 1.29 is 60.8 Å². The zero-order valence-corrected chi connectivity index (χ0v) is 19.8. The molecule has 2 aromatic rings. The second kappa shape index (κ2) is 12.6. The van der Waals surface area contributed by atoms with Crippen LogP contribution in [0.4, 0.5) is 26.3 Å². The Balaban J connectivity index is 0.000000274. The molecule has 15 heteroatoms. The van der Waals surface area contributed by atoms with E-state index in [1.165, 1.54) is 0 Å². The smallest absolute Gasteiger partial charge is 0.416 e. The molecule has 1 aliphatic rings. The molecule has 0 radical (unpaired) electrons. The number of piperazine rings is 1. The van der Waals surface area contributed by atoms with Crippen LogP contribution in [0.25, 0.3) is 0 Å². The second-order valence-corrected chi connectivity index (χ2v) is 8.23. The van der Waals surface area contributed by atoms with E-state index in [9.17, 15) is 50.6 Å². The monoisotopic (exact) mass is 564 g/mol. The number of hydrogen-bond donors (Lipinski definition) is 4. The first-order chi connectivity index (χ1) is 18.0. The Morgan fingerprint density at radius 1 is 0.846 bits per heavy atom. The number of carboxylic acid groups (broad SMARTS) is 3. The molecule has 2 aromatic carbocycles. The highest BCUT2D eigenvalue weighted by molar-refractivity contribution is 5.98. The summed E-state index contributed by atoms with van der Waals surface area (Å²) < 4.78 is 74.7. The van der Waals surface area contributed by atoms with E-state index < -0.39 is 72.2 Å². The summed E-state index contributed by atoms with van der Waals surface area (Å²) in [5.74, 6) is -4.41. The molecule has 1 aliphatic heterocycles. The third-order valence-electron chi connectivity index (χ3n) is 5.44. The number of hydrogen-bond acceptors (Lipinski definition) is 5. The number of nitrogens with one attached hydrogen (secondary N) is 1. The van der Waals surface area contributed by atoms with E-state index >= 15 is 0 Å². The molecule has 2 unspecified atom stereocenters. The summed E-state index contributed by atoms with van der Waals surface area (Å²) in [6.07, 6.45) is -10.8. The molecule has 0 aromatic heterocycles. The molecule has 3 rings (SSSR count). The van der Waals surface area contributed by atoms with Crippen LogP contribution in [0.5, 0.6) is 0 Å². The molecule has 1 heterocycles. The standard InChI is InChI=1S/C13H14N2O5.C11H8F6O2/c16-11(8-4-2-1-3-5-8)15-7-6-14-9(12(17)18)10(15)13(19)20;12-10(13,14)7-3-6(1-2-9(18)19)4-8(5-7)11(15,16)17/h1-5,9-10,14H,6-7H2,(H,17,18)(H,19,20);3-5H,1-2H2,(H,18,19). The zero-order valence-electron chi connectivity index (χ0n) is 19.8. The lowest BCUT2D eigenvalue weighted by Gasteiger charge is -2.37.